The first-order valence-corrected chi connectivity index (χ1v) is 6.57. The third-order valence-corrected chi connectivity index (χ3v) is 3.84. The van der Waals surface area contributed by atoms with Crippen molar-refractivity contribution in [2.24, 2.45) is 0 Å². The van der Waals surface area contributed by atoms with Crippen LogP contribution in [0.4, 0.5) is 5.82 Å². The van der Waals surface area contributed by atoms with Gasteiger partial charge in [-0.15, -0.1) is 0 Å². The molecular formula is C11H15Cl2N3O4. The highest BCUT2D eigenvalue weighted by Crippen LogP contribution is 2.47. The molecule has 0 aliphatic carbocycles. The molecule has 2 rings (SSSR count). The Morgan fingerprint density at radius 3 is 2.80 bits per heavy atom. The molecule has 2 N–H and O–H groups in total. The molecule has 9 heteroatoms. The summed E-state index contributed by atoms with van der Waals surface area (Å²) in [7, 11) is 2.98. The first-order valence-electron chi connectivity index (χ1n) is 5.81. The average Bonchev–Trinajstić information content (AvgIpc) is 2.61. The summed E-state index contributed by atoms with van der Waals surface area (Å²) in [5.41, 5.74) is 4.84. The number of rotatable bonds is 4. The number of aromatic nitrogens is 2. The van der Waals surface area contributed by atoms with Crippen LogP contribution in [0.2, 0.25) is 0 Å². The predicted octanol–water partition coefficient (Wildman–Crippen LogP) is 0.558. The standard InChI is InChI=1S/C11H15Cl2N3O4/c1-18-5-6-8(19-2)11(12,13)9(20-6)16-4-3-7(14)15-10(16)17/h3-4,6,8-9H,5H2,1-2H3,(H2,14,15,17)/t6-,8-,9-/m1/s1. The monoisotopic (exact) mass is 323 g/mol. The lowest BCUT2D eigenvalue weighted by Gasteiger charge is -2.26. The maximum Gasteiger partial charge on any atom is 0.351 e. The van der Waals surface area contributed by atoms with E-state index in [1.54, 1.807) is 0 Å². The molecule has 1 aromatic heterocycles. The molecule has 112 valence electrons. The van der Waals surface area contributed by atoms with Crippen molar-refractivity contribution in [3.05, 3.63) is 22.7 Å². The van der Waals surface area contributed by atoms with E-state index in [4.69, 9.17) is 43.1 Å². The third-order valence-electron chi connectivity index (χ3n) is 3.04. The number of anilines is 1. The highest BCUT2D eigenvalue weighted by Gasteiger charge is 2.56. The lowest BCUT2D eigenvalue weighted by molar-refractivity contribution is -0.0618. The van der Waals surface area contributed by atoms with E-state index in [1.807, 2.05) is 0 Å². The first-order chi connectivity index (χ1) is 9.41. The molecule has 3 atom stereocenters. The lowest BCUT2D eigenvalue weighted by Crippen LogP contribution is -2.41. The Hall–Kier alpha value is -0.860. The van der Waals surface area contributed by atoms with Crippen LogP contribution in [0.5, 0.6) is 0 Å². The SMILES string of the molecule is COC[C@H]1O[C@@H](n2ccc(N)nc2=O)C(Cl)(Cl)[C@@H]1OC. The van der Waals surface area contributed by atoms with Gasteiger partial charge >= 0.3 is 5.69 Å². The van der Waals surface area contributed by atoms with Gasteiger partial charge in [-0.3, -0.25) is 4.57 Å². The predicted molar refractivity (Wildman–Crippen MR) is 73.9 cm³/mol. The van der Waals surface area contributed by atoms with Crippen LogP contribution in [0.1, 0.15) is 6.23 Å². The molecule has 0 amide bonds. The minimum absolute atomic E-state index is 0.107. The highest BCUT2D eigenvalue weighted by atomic mass is 35.5. The van der Waals surface area contributed by atoms with E-state index in [0.29, 0.717) is 0 Å². The fourth-order valence-electron chi connectivity index (χ4n) is 2.17. The van der Waals surface area contributed by atoms with Gasteiger partial charge in [0.05, 0.1) is 6.61 Å². The number of methoxy groups -OCH3 is 2. The zero-order valence-electron chi connectivity index (χ0n) is 11.0. The Morgan fingerprint density at radius 2 is 2.25 bits per heavy atom. The highest BCUT2D eigenvalue weighted by molar-refractivity contribution is 6.49. The number of alkyl halides is 2. The van der Waals surface area contributed by atoms with Gasteiger partial charge in [-0.05, 0) is 6.07 Å². The van der Waals surface area contributed by atoms with Gasteiger partial charge in [-0.1, -0.05) is 23.2 Å². The maximum atomic E-state index is 11.9. The summed E-state index contributed by atoms with van der Waals surface area (Å²) in [5, 5.41) is 0. The number of ether oxygens (including phenoxy) is 3. The van der Waals surface area contributed by atoms with Gasteiger partial charge in [-0.2, -0.15) is 4.98 Å². The molecule has 0 aromatic carbocycles. The molecule has 7 nitrogen and oxygen atoms in total. The zero-order chi connectivity index (χ0) is 14.9. The topological polar surface area (TPSA) is 88.6 Å². The van der Waals surface area contributed by atoms with Gasteiger partial charge in [0.2, 0.25) is 0 Å². The van der Waals surface area contributed by atoms with E-state index in [9.17, 15) is 4.79 Å². The van der Waals surface area contributed by atoms with Crippen molar-refractivity contribution < 1.29 is 14.2 Å². The van der Waals surface area contributed by atoms with E-state index < -0.39 is 28.5 Å². The average molecular weight is 324 g/mol. The molecule has 20 heavy (non-hydrogen) atoms. The molecule has 1 saturated heterocycles. The summed E-state index contributed by atoms with van der Waals surface area (Å²) in [6.45, 7) is 0.230. The second kappa shape index (κ2) is 5.87. The smallest absolute Gasteiger partial charge is 0.351 e. The Morgan fingerprint density at radius 1 is 1.55 bits per heavy atom. The van der Waals surface area contributed by atoms with Crippen molar-refractivity contribution in [1.82, 2.24) is 9.55 Å². The van der Waals surface area contributed by atoms with E-state index in [0.717, 1.165) is 0 Å². The molecule has 1 fully saturated rings. The van der Waals surface area contributed by atoms with Crippen LogP contribution in [0.3, 0.4) is 0 Å². The van der Waals surface area contributed by atoms with E-state index >= 15 is 0 Å². The first kappa shape index (κ1) is 15.5. The minimum Gasteiger partial charge on any atom is -0.383 e. The van der Waals surface area contributed by atoms with E-state index in [1.165, 1.54) is 31.0 Å². The summed E-state index contributed by atoms with van der Waals surface area (Å²) in [6, 6.07) is 1.46. The number of hydrogen-bond acceptors (Lipinski definition) is 6. The number of halogens is 2. The lowest BCUT2D eigenvalue weighted by atomic mass is 10.1. The third kappa shape index (κ3) is 2.64. The van der Waals surface area contributed by atoms with Gasteiger partial charge in [0.15, 0.2) is 10.6 Å². The Balaban J connectivity index is 2.38. The van der Waals surface area contributed by atoms with Crippen LogP contribution < -0.4 is 11.4 Å². The molecule has 1 aromatic rings. The minimum atomic E-state index is -1.46. The fraction of sp³-hybridized carbons (Fsp3) is 0.636. The summed E-state index contributed by atoms with van der Waals surface area (Å²) in [5.74, 6) is 0.107. The summed E-state index contributed by atoms with van der Waals surface area (Å²) < 4.78 is 15.7. The van der Waals surface area contributed by atoms with Gasteiger partial charge in [0, 0.05) is 20.4 Å². The van der Waals surface area contributed by atoms with Crippen LogP contribution >= 0.6 is 23.2 Å². The second-order valence-electron chi connectivity index (χ2n) is 4.36. The number of nitrogens with two attached hydrogens (primary N) is 1. The Bertz CT molecular complexity index is 537. The van der Waals surface area contributed by atoms with Crippen molar-refractivity contribution in [2.45, 2.75) is 22.8 Å². The van der Waals surface area contributed by atoms with Crippen LogP contribution in [-0.4, -0.2) is 46.9 Å². The normalized spacial score (nSPS) is 28.7. The number of nitrogens with zero attached hydrogens (tertiary/aromatic N) is 2. The van der Waals surface area contributed by atoms with E-state index in [-0.39, 0.29) is 12.4 Å². The van der Waals surface area contributed by atoms with Crippen molar-refractivity contribution >= 4 is 29.0 Å². The number of hydrogen-bond donors (Lipinski definition) is 1. The Kier molecular flexibility index (Phi) is 4.55. The van der Waals surface area contributed by atoms with Crippen molar-refractivity contribution in [3.8, 4) is 0 Å². The van der Waals surface area contributed by atoms with Crippen LogP contribution in [0, 0.1) is 0 Å². The van der Waals surface area contributed by atoms with Gasteiger partial charge < -0.3 is 19.9 Å². The summed E-state index contributed by atoms with van der Waals surface area (Å²) in [4.78, 5) is 15.5. The molecule has 0 bridgehead atoms. The largest absolute Gasteiger partial charge is 0.383 e. The molecule has 1 aliphatic rings. The fourth-order valence-corrected chi connectivity index (χ4v) is 2.94. The maximum absolute atomic E-state index is 11.9. The van der Waals surface area contributed by atoms with Crippen LogP contribution in [0.15, 0.2) is 17.1 Å². The quantitative estimate of drug-likeness (QED) is 0.814. The van der Waals surface area contributed by atoms with Crippen molar-refractivity contribution in [2.75, 3.05) is 26.6 Å². The van der Waals surface area contributed by atoms with Gasteiger partial charge in [0.25, 0.3) is 0 Å². The second-order valence-corrected chi connectivity index (χ2v) is 5.80. The molecular weight excluding hydrogens is 309 g/mol. The molecule has 0 unspecified atom stereocenters. The van der Waals surface area contributed by atoms with Crippen LogP contribution in [-0.2, 0) is 14.2 Å². The molecule has 0 saturated carbocycles. The van der Waals surface area contributed by atoms with E-state index in [2.05, 4.69) is 4.98 Å². The zero-order valence-corrected chi connectivity index (χ0v) is 12.5. The summed E-state index contributed by atoms with van der Waals surface area (Å²) >= 11 is 12.6. The van der Waals surface area contributed by atoms with Crippen molar-refractivity contribution in [1.29, 1.82) is 0 Å². The van der Waals surface area contributed by atoms with Crippen molar-refractivity contribution in [3.63, 3.8) is 0 Å². The molecule has 0 radical (unpaired) electrons. The molecule has 0 spiro atoms. The molecule has 1 aliphatic heterocycles. The van der Waals surface area contributed by atoms with Gasteiger partial charge in [0.1, 0.15) is 18.0 Å². The Labute approximate surface area is 125 Å². The number of nitrogen functional groups attached to an aromatic ring is 1. The summed E-state index contributed by atoms with van der Waals surface area (Å²) in [6.07, 6.45) is -0.678. The van der Waals surface area contributed by atoms with Crippen LogP contribution in [0.25, 0.3) is 0 Å². The molecule has 2 heterocycles. The van der Waals surface area contributed by atoms with Gasteiger partial charge in [-0.25, -0.2) is 4.79 Å².